The van der Waals surface area contributed by atoms with E-state index in [1.165, 1.54) is 0 Å². The molecule has 1 heterocycles. The molecule has 0 aliphatic heterocycles. The molecule has 4 atom stereocenters. The average molecular weight is 576 g/mol. The van der Waals surface area contributed by atoms with Crippen molar-refractivity contribution < 1.29 is 43.8 Å². The van der Waals surface area contributed by atoms with Gasteiger partial charge in [-0.2, -0.15) is 0 Å². The Morgan fingerprint density at radius 2 is 1.37 bits per heavy atom. The van der Waals surface area contributed by atoms with Crippen molar-refractivity contribution in [1.82, 2.24) is 20.9 Å². The lowest BCUT2D eigenvalue weighted by Crippen LogP contribution is -2.58. The molecule has 4 unspecified atom stereocenters. The molecule has 16 nitrogen and oxygen atoms in total. The number of aromatic nitrogens is 1. The second kappa shape index (κ2) is 15.0. The molecule has 0 bridgehead atoms. The molecule has 2 aromatic rings. The molecular weight excluding hydrogens is 542 g/mol. The first-order chi connectivity index (χ1) is 19.3. The lowest BCUT2D eigenvalue weighted by molar-refractivity contribution is -0.143. The van der Waals surface area contributed by atoms with Crippen LogP contribution in [0, 0.1) is 0 Å². The van der Waals surface area contributed by atoms with Gasteiger partial charge in [0.2, 0.25) is 29.5 Å². The maximum atomic E-state index is 13.0. The van der Waals surface area contributed by atoms with E-state index in [9.17, 15) is 38.7 Å². The van der Waals surface area contributed by atoms with Crippen molar-refractivity contribution in [2.45, 2.75) is 62.7 Å². The van der Waals surface area contributed by atoms with Gasteiger partial charge < -0.3 is 48.3 Å². The first-order valence-corrected chi connectivity index (χ1v) is 12.5. The number of nitrogens with one attached hydrogen (secondary N) is 4. The van der Waals surface area contributed by atoms with Gasteiger partial charge in [-0.25, -0.2) is 4.79 Å². The van der Waals surface area contributed by atoms with Crippen molar-refractivity contribution >= 4 is 52.4 Å². The Morgan fingerprint density at radius 1 is 0.780 bits per heavy atom. The summed E-state index contributed by atoms with van der Waals surface area (Å²) in [5, 5.41) is 25.9. The van der Waals surface area contributed by atoms with Crippen LogP contribution in [-0.4, -0.2) is 80.8 Å². The van der Waals surface area contributed by atoms with Crippen LogP contribution in [0.3, 0.4) is 0 Å². The summed E-state index contributed by atoms with van der Waals surface area (Å²) in [4.78, 5) is 87.0. The number of hydrogen-bond donors (Lipinski definition) is 9. The largest absolute Gasteiger partial charge is 0.481 e. The number of nitrogens with two attached hydrogens (primary N) is 3. The average Bonchev–Trinajstić information content (AvgIpc) is 3.30. The SMILES string of the molecule is NC(=O)CCC(NC(=O)C(CCC(=O)O)NC(=O)C(CC(N)=O)NC(=O)C(N)Cc1c[nH]c2ccccc12)C(=O)O. The van der Waals surface area contributed by atoms with Gasteiger partial charge in [0.25, 0.3) is 0 Å². The molecule has 0 saturated heterocycles. The number of benzene rings is 1. The predicted octanol–water partition coefficient (Wildman–Crippen LogP) is -2.42. The number of carbonyl (C=O) groups is 7. The zero-order valence-electron chi connectivity index (χ0n) is 21.9. The Kier molecular flexibility index (Phi) is 11.8. The number of carboxylic acids is 2. The van der Waals surface area contributed by atoms with E-state index >= 15 is 0 Å². The van der Waals surface area contributed by atoms with Gasteiger partial charge in [0.15, 0.2) is 0 Å². The third kappa shape index (κ3) is 10.2. The topological polar surface area (TPSA) is 290 Å². The number of para-hydroxylation sites is 1. The lowest BCUT2D eigenvalue weighted by atomic mass is 10.0. The van der Waals surface area contributed by atoms with Gasteiger partial charge in [-0.1, -0.05) is 18.2 Å². The second-order valence-corrected chi connectivity index (χ2v) is 9.30. The van der Waals surface area contributed by atoms with E-state index < -0.39 is 84.9 Å². The predicted molar refractivity (Wildman–Crippen MR) is 143 cm³/mol. The fourth-order valence-electron chi connectivity index (χ4n) is 3.94. The molecule has 5 amide bonds. The van der Waals surface area contributed by atoms with Crippen LogP contribution in [0.15, 0.2) is 30.5 Å². The molecule has 0 aliphatic rings. The van der Waals surface area contributed by atoms with Crippen molar-refractivity contribution in [2.75, 3.05) is 0 Å². The maximum absolute atomic E-state index is 13.0. The number of carbonyl (C=O) groups excluding carboxylic acids is 5. The fraction of sp³-hybridized carbons (Fsp3) is 0.400. The highest BCUT2D eigenvalue weighted by Crippen LogP contribution is 2.18. The highest BCUT2D eigenvalue weighted by Gasteiger charge is 2.31. The summed E-state index contributed by atoms with van der Waals surface area (Å²) >= 11 is 0. The van der Waals surface area contributed by atoms with E-state index in [0.717, 1.165) is 16.5 Å². The minimum absolute atomic E-state index is 0.0757. The summed E-state index contributed by atoms with van der Waals surface area (Å²) in [7, 11) is 0. The monoisotopic (exact) mass is 575 g/mol. The minimum Gasteiger partial charge on any atom is -0.481 e. The van der Waals surface area contributed by atoms with Gasteiger partial charge in [-0.3, -0.25) is 28.8 Å². The van der Waals surface area contributed by atoms with Crippen molar-refractivity contribution in [3.8, 4) is 0 Å². The molecule has 12 N–H and O–H groups in total. The summed E-state index contributed by atoms with van der Waals surface area (Å²) in [5.41, 5.74) is 17.9. The van der Waals surface area contributed by atoms with Crippen molar-refractivity contribution in [3.05, 3.63) is 36.0 Å². The quantitative estimate of drug-likeness (QED) is 0.0961. The molecule has 1 aromatic heterocycles. The Balaban J connectivity index is 2.15. The zero-order valence-corrected chi connectivity index (χ0v) is 21.9. The summed E-state index contributed by atoms with van der Waals surface area (Å²) in [6.45, 7) is 0. The van der Waals surface area contributed by atoms with Gasteiger partial charge in [-0.15, -0.1) is 0 Å². The summed E-state index contributed by atoms with van der Waals surface area (Å²) < 4.78 is 0. The van der Waals surface area contributed by atoms with Gasteiger partial charge >= 0.3 is 11.9 Å². The van der Waals surface area contributed by atoms with Crippen LogP contribution in [0.2, 0.25) is 0 Å². The number of amides is 5. The maximum Gasteiger partial charge on any atom is 0.326 e. The molecule has 2 rings (SSSR count). The third-order valence-corrected chi connectivity index (χ3v) is 6.06. The molecular formula is C25H33N7O9. The highest BCUT2D eigenvalue weighted by atomic mass is 16.4. The van der Waals surface area contributed by atoms with Gasteiger partial charge in [0.1, 0.15) is 18.1 Å². The number of carboxylic acid groups (broad SMARTS) is 2. The van der Waals surface area contributed by atoms with Crippen LogP contribution < -0.4 is 33.2 Å². The van der Waals surface area contributed by atoms with E-state index in [2.05, 4.69) is 20.9 Å². The number of aromatic amines is 1. The lowest BCUT2D eigenvalue weighted by Gasteiger charge is -2.24. The molecule has 0 radical (unpaired) electrons. The van der Waals surface area contributed by atoms with Crippen LogP contribution in [0.4, 0.5) is 0 Å². The fourth-order valence-corrected chi connectivity index (χ4v) is 3.94. The molecule has 1 aromatic carbocycles. The second-order valence-electron chi connectivity index (χ2n) is 9.30. The van der Waals surface area contributed by atoms with E-state index in [1.807, 2.05) is 24.3 Å². The molecule has 0 fully saturated rings. The first-order valence-electron chi connectivity index (χ1n) is 12.5. The van der Waals surface area contributed by atoms with Crippen molar-refractivity contribution in [1.29, 1.82) is 0 Å². The Hall–Kier alpha value is -4.99. The molecule has 41 heavy (non-hydrogen) atoms. The van der Waals surface area contributed by atoms with Crippen LogP contribution in [-0.2, 0) is 40.0 Å². The Bertz CT molecular complexity index is 1310. The zero-order chi connectivity index (χ0) is 30.7. The normalized spacial score (nSPS) is 13.8. The number of aliphatic carboxylic acids is 2. The Morgan fingerprint density at radius 3 is 1.98 bits per heavy atom. The smallest absolute Gasteiger partial charge is 0.326 e. The Labute approximate surface area is 233 Å². The molecule has 0 spiro atoms. The summed E-state index contributed by atoms with van der Waals surface area (Å²) in [5.74, 6) is -7.53. The molecule has 0 aliphatic carbocycles. The number of rotatable bonds is 17. The van der Waals surface area contributed by atoms with Crippen LogP contribution in [0.25, 0.3) is 10.9 Å². The van der Waals surface area contributed by atoms with Crippen LogP contribution in [0.1, 0.15) is 37.7 Å². The van der Waals surface area contributed by atoms with Gasteiger partial charge in [0.05, 0.1) is 12.5 Å². The third-order valence-electron chi connectivity index (χ3n) is 6.06. The van der Waals surface area contributed by atoms with E-state index in [4.69, 9.17) is 22.3 Å². The van der Waals surface area contributed by atoms with Crippen molar-refractivity contribution in [3.63, 3.8) is 0 Å². The van der Waals surface area contributed by atoms with E-state index in [0.29, 0.717) is 0 Å². The van der Waals surface area contributed by atoms with Gasteiger partial charge in [-0.05, 0) is 30.9 Å². The van der Waals surface area contributed by atoms with Crippen LogP contribution >= 0.6 is 0 Å². The molecule has 0 saturated carbocycles. The van der Waals surface area contributed by atoms with E-state index in [-0.39, 0.29) is 19.3 Å². The number of H-pyrrole nitrogens is 1. The van der Waals surface area contributed by atoms with Gasteiger partial charge in [0, 0.05) is 29.9 Å². The number of primary amides is 2. The number of fused-ring (bicyclic) bond motifs is 1. The minimum atomic E-state index is -1.58. The standard InChI is InChI=1S/C25H33N7O9/c26-14(9-12-11-29-15-4-2-1-3-13(12)15)22(37)32-18(10-20(28)34)24(39)30-16(6-8-21(35)36)23(38)31-17(25(40)41)5-7-19(27)33/h1-4,11,14,16-18,29H,5-10,26H2,(H2,27,33)(H2,28,34)(H,30,39)(H,31,38)(H,32,37)(H,35,36)(H,40,41). The molecule has 16 heteroatoms. The number of hydrogen-bond acceptors (Lipinski definition) is 8. The summed E-state index contributed by atoms with van der Waals surface area (Å²) in [6.07, 6.45) is -0.704. The van der Waals surface area contributed by atoms with Crippen LogP contribution in [0.5, 0.6) is 0 Å². The molecule has 222 valence electrons. The van der Waals surface area contributed by atoms with E-state index in [1.54, 1.807) is 6.20 Å². The summed E-state index contributed by atoms with van der Waals surface area (Å²) in [6, 6.07) is 1.43. The van der Waals surface area contributed by atoms with Crippen molar-refractivity contribution in [2.24, 2.45) is 17.2 Å². The highest BCUT2D eigenvalue weighted by molar-refractivity contribution is 5.96. The first kappa shape index (κ1) is 32.2.